The zero-order valence-electron chi connectivity index (χ0n) is 16.7. The number of carbonyl (C=O) groups is 1. The Morgan fingerprint density at radius 2 is 2.25 bits per heavy atom. The number of aliphatic carboxylic acids is 1. The van der Waals surface area contributed by atoms with E-state index in [1.165, 1.54) is 0 Å². The Hall–Kier alpha value is -2.25. The van der Waals surface area contributed by atoms with Crippen molar-refractivity contribution in [1.29, 1.82) is 0 Å². The summed E-state index contributed by atoms with van der Waals surface area (Å²) in [6.07, 6.45) is 7.94. The average Bonchev–Trinajstić information content (AvgIpc) is 3.16. The maximum absolute atomic E-state index is 10.8. The van der Waals surface area contributed by atoms with Crippen molar-refractivity contribution in [3.05, 3.63) is 41.5 Å². The van der Waals surface area contributed by atoms with E-state index in [2.05, 4.69) is 37.0 Å². The molecule has 2 aliphatic rings. The van der Waals surface area contributed by atoms with E-state index in [-0.39, 0.29) is 30.5 Å². The van der Waals surface area contributed by atoms with Crippen molar-refractivity contribution in [3.63, 3.8) is 0 Å². The van der Waals surface area contributed by atoms with Crippen LogP contribution in [0.3, 0.4) is 0 Å². The molecule has 0 spiro atoms. The van der Waals surface area contributed by atoms with Gasteiger partial charge in [0, 0.05) is 36.7 Å². The number of fused-ring (bicyclic) bond motifs is 3. The van der Waals surface area contributed by atoms with Crippen LogP contribution in [0.1, 0.15) is 63.0 Å². The van der Waals surface area contributed by atoms with Crippen molar-refractivity contribution in [2.45, 2.75) is 70.5 Å². The SMILES string of the molecule is CC#CC[C@H](C)C/C=C/C1C2c3cccc(CCCC(=O)O)c3OC2C[C@H]1O. The Morgan fingerprint density at radius 1 is 1.43 bits per heavy atom. The minimum atomic E-state index is -0.766. The summed E-state index contributed by atoms with van der Waals surface area (Å²) >= 11 is 0. The van der Waals surface area contributed by atoms with Gasteiger partial charge < -0.3 is 14.9 Å². The molecule has 1 aromatic carbocycles. The second kappa shape index (κ2) is 9.30. The Kier molecular flexibility index (Phi) is 6.80. The van der Waals surface area contributed by atoms with Crippen molar-refractivity contribution in [2.75, 3.05) is 0 Å². The molecule has 150 valence electrons. The second-order valence-corrected chi connectivity index (χ2v) is 8.05. The summed E-state index contributed by atoms with van der Waals surface area (Å²) in [7, 11) is 0. The number of benzene rings is 1. The number of para-hydroxylation sites is 1. The monoisotopic (exact) mass is 382 g/mol. The number of hydrogen-bond donors (Lipinski definition) is 2. The minimum absolute atomic E-state index is 0.00338. The number of rotatable bonds is 8. The van der Waals surface area contributed by atoms with Crippen molar-refractivity contribution >= 4 is 5.97 Å². The highest BCUT2D eigenvalue weighted by molar-refractivity contribution is 5.66. The first kappa shape index (κ1) is 20.5. The lowest BCUT2D eigenvalue weighted by molar-refractivity contribution is -0.137. The van der Waals surface area contributed by atoms with Crippen LogP contribution in [0.4, 0.5) is 0 Å². The van der Waals surface area contributed by atoms with Gasteiger partial charge in [-0.05, 0) is 37.7 Å². The molecule has 3 unspecified atom stereocenters. The van der Waals surface area contributed by atoms with E-state index >= 15 is 0 Å². The largest absolute Gasteiger partial charge is 0.489 e. The van der Waals surface area contributed by atoms with Crippen LogP contribution in [0, 0.1) is 23.7 Å². The number of hydrogen-bond acceptors (Lipinski definition) is 3. The van der Waals surface area contributed by atoms with Gasteiger partial charge in [-0.1, -0.05) is 37.3 Å². The summed E-state index contributed by atoms with van der Waals surface area (Å²) < 4.78 is 6.24. The first-order valence-corrected chi connectivity index (χ1v) is 10.3. The summed E-state index contributed by atoms with van der Waals surface area (Å²) in [4.78, 5) is 10.8. The first-order valence-electron chi connectivity index (χ1n) is 10.3. The molecule has 28 heavy (non-hydrogen) atoms. The number of aliphatic hydroxyl groups is 1. The third-order valence-corrected chi connectivity index (χ3v) is 5.85. The fourth-order valence-electron chi connectivity index (χ4n) is 4.42. The molecule has 0 amide bonds. The number of allylic oxidation sites excluding steroid dienone is 1. The van der Waals surface area contributed by atoms with Gasteiger partial charge in [-0.2, -0.15) is 0 Å². The lowest BCUT2D eigenvalue weighted by Crippen LogP contribution is -2.16. The zero-order chi connectivity index (χ0) is 20.1. The molecule has 1 aliphatic carbocycles. The van der Waals surface area contributed by atoms with E-state index in [1.807, 2.05) is 19.1 Å². The standard InChI is InChI=1S/C24H30O4/c1-3-4-8-16(2)9-5-12-18-20(25)15-21-23(18)19-13-6-10-17(24(19)28-21)11-7-14-22(26)27/h5-6,10,12-13,16,18,20-21,23,25H,7-9,11,14-15H2,1-2H3,(H,26,27)/b12-5+/t16-,18?,20+,21?,23?/m0/s1. The normalized spacial score (nSPS) is 26.2. The molecule has 0 saturated heterocycles. The minimum Gasteiger partial charge on any atom is -0.489 e. The fourth-order valence-corrected chi connectivity index (χ4v) is 4.42. The van der Waals surface area contributed by atoms with Crippen molar-refractivity contribution in [3.8, 4) is 17.6 Å². The van der Waals surface area contributed by atoms with E-state index in [9.17, 15) is 9.90 Å². The highest BCUT2D eigenvalue weighted by Gasteiger charge is 2.48. The number of aryl methyl sites for hydroxylation is 1. The average molecular weight is 383 g/mol. The number of carboxylic acids is 1. The number of ether oxygens (including phenoxy) is 1. The molecule has 1 saturated carbocycles. The second-order valence-electron chi connectivity index (χ2n) is 8.05. The van der Waals surface area contributed by atoms with Gasteiger partial charge in [0.25, 0.3) is 0 Å². The van der Waals surface area contributed by atoms with Crippen LogP contribution < -0.4 is 4.74 Å². The first-order chi connectivity index (χ1) is 13.5. The fraction of sp³-hybridized carbons (Fsp3) is 0.542. The topological polar surface area (TPSA) is 66.8 Å². The summed E-state index contributed by atoms with van der Waals surface area (Å²) in [5.74, 6) is 6.96. The molecule has 0 aromatic heterocycles. The molecule has 0 bridgehead atoms. The zero-order valence-corrected chi connectivity index (χ0v) is 16.7. The maximum atomic E-state index is 10.8. The Balaban J connectivity index is 1.71. The van der Waals surface area contributed by atoms with Gasteiger partial charge in [0.15, 0.2) is 0 Å². The molecule has 1 fully saturated rings. The maximum Gasteiger partial charge on any atom is 0.303 e. The highest BCUT2D eigenvalue weighted by atomic mass is 16.5. The van der Waals surface area contributed by atoms with Crippen LogP contribution in [0.2, 0.25) is 0 Å². The van der Waals surface area contributed by atoms with Crippen LogP contribution in [0.25, 0.3) is 0 Å². The molecule has 1 heterocycles. The molecule has 5 atom stereocenters. The lowest BCUT2D eigenvalue weighted by Gasteiger charge is -2.17. The summed E-state index contributed by atoms with van der Waals surface area (Å²) in [6.45, 7) is 4.06. The predicted octanol–water partition coefficient (Wildman–Crippen LogP) is 4.32. The third kappa shape index (κ3) is 4.59. The molecule has 4 heteroatoms. The van der Waals surface area contributed by atoms with Gasteiger partial charge in [-0.3, -0.25) is 4.79 Å². The van der Waals surface area contributed by atoms with E-state index in [0.717, 1.165) is 29.7 Å². The van der Waals surface area contributed by atoms with Crippen LogP contribution >= 0.6 is 0 Å². The van der Waals surface area contributed by atoms with E-state index in [0.29, 0.717) is 25.2 Å². The molecule has 1 aliphatic heterocycles. The van der Waals surface area contributed by atoms with Crippen LogP contribution in [0.15, 0.2) is 30.4 Å². The van der Waals surface area contributed by atoms with Gasteiger partial charge in [0.05, 0.1) is 6.10 Å². The molecular weight excluding hydrogens is 352 g/mol. The molecule has 3 rings (SSSR count). The van der Waals surface area contributed by atoms with Crippen LogP contribution in [-0.4, -0.2) is 28.4 Å². The predicted molar refractivity (Wildman–Crippen MR) is 109 cm³/mol. The van der Waals surface area contributed by atoms with Crippen molar-refractivity contribution in [2.24, 2.45) is 11.8 Å². The van der Waals surface area contributed by atoms with Gasteiger partial charge >= 0.3 is 5.97 Å². The summed E-state index contributed by atoms with van der Waals surface area (Å²) in [5, 5.41) is 19.5. The Labute approximate surface area is 167 Å². The molecule has 2 N–H and O–H groups in total. The smallest absolute Gasteiger partial charge is 0.303 e. The number of carboxylic acid groups (broad SMARTS) is 1. The summed E-state index contributed by atoms with van der Waals surface area (Å²) in [5.41, 5.74) is 2.24. The van der Waals surface area contributed by atoms with Gasteiger partial charge in [0.2, 0.25) is 0 Å². The molecular formula is C24H30O4. The number of aliphatic hydroxyl groups excluding tert-OH is 1. The third-order valence-electron chi connectivity index (χ3n) is 5.85. The van der Waals surface area contributed by atoms with E-state index in [4.69, 9.17) is 9.84 Å². The van der Waals surface area contributed by atoms with Gasteiger partial charge in [-0.15, -0.1) is 11.8 Å². The molecule has 1 aromatic rings. The van der Waals surface area contributed by atoms with Crippen LogP contribution in [0.5, 0.6) is 5.75 Å². The van der Waals surface area contributed by atoms with E-state index < -0.39 is 5.97 Å². The Morgan fingerprint density at radius 3 is 3.00 bits per heavy atom. The Bertz CT molecular complexity index is 786. The van der Waals surface area contributed by atoms with Crippen LogP contribution in [-0.2, 0) is 11.2 Å². The summed E-state index contributed by atoms with van der Waals surface area (Å²) in [6, 6.07) is 6.15. The van der Waals surface area contributed by atoms with E-state index in [1.54, 1.807) is 0 Å². The quantitative estimate of drug-likeness (QED) is 0.519. The highest BCUT2D eigenvalue weighted by Crippen LogP contribution is 2.52. The van der Waals surface area contributed by atoms with Crippen molar-refractivity contribution in [1.82, 2.24) is 0 Å². The van der Waals surface area contributed by atoms with Gasteiger partial charge in [0.1, 0.15) is 11.9 Å². The van der Waals surface area contributed by atoms with Crippen molar-refractivity contribution < 1.29 is 19.7 Å². The molecule has 0 radical (unpaired) electrons. The lowest BCUT2D eigenvalue weighted by atomic mass is 9.86. The van der Waals surface area contributed by atoms with Gasteiger partial charge in [-0.25, -0.2) is 0 Å². The molecule has 4 nitrogen and oxygen atoms in total.